The van der Waals surface area contributed by atoms with Crippen molar-refractivity contribution in [3.8, 4) is 28.4 Å². The van der Waals surface area contributed by atoms with Crippen LogP contribution in [0.4, 0.5) is 0 Å². The van der Waals surface area contributed by atoms with Crippen molar-refractivity contribution in [2.45, 2.75) is 25.3 Å². The van der Waals surface area contributed by atoms with Crippen LogP contribution in [0, 0.1) is 13.8 Å². The number of nitrogens with zero attached hydrogens (tertiary/aromatic N) is 3. The third-order valence-electron chi connectivity index (χ3n) is 5.38. The highest BCUT2D eigenvalue weighted by molar-refractivity contribution is 7.89. The number of aromatic nitrogens is 3. The largest absolute Gasteiger partial charge is 0.497 e. The van der Waals surface area contributed by atoms with Crippen LogP contribution in [-0.2, 0) is 16.6 Å². The lowest BCUT2D eigenvalue weighted by Crippen LogP contribution is -2.24. The van der Waals surface area contributed by atoms with Gasteiger partial charge in [-0.1, -0.05) is 17.3 Å². The predicted octanol–water partition coefficient (Wildman–Crippen LogP) is 3.00. The fraction of sp³-hybridized carbons (Fsp3) is 0.208. The molecule has 0 fully saturated rings. The molecule has 0 aliphatic heterocycles. The first-order valence-corrected chi connectivity index (χ1v) is 12.1. The third kappa shape index (κ3) is 4.96. The molecule has 10 nitrogen and oxygen atoms in total. The average Bonchev–Trinajstić information content (AvgIpc) is 3.20. The Kier molecular flexibility index (Phi) is 6.72. The Labute approximate surface area is 202 Å². The quantitative estimate of drug-likeness (QED) is 0.395. The van der Waals surface area contributed by atoms with Crippen LogP contribution in [0.1, 0.15) is 17.0 Å². The summed E-state index contributed by atoms with van der Waals surface area (Å²) in [6, 6.07) is 14.6. The number of nitrogens with one attached hydrogen (secondary N) is 1. The summed E-state index contributed by atoms with van der Waals surface area (Å²) in [5, 5.41) is 8.31. The number of hydrogen-bond acceptors (Lipinski definition) is 8. The monoisotopic (exact) mass is 496 g/mol. The highest BCUT2D eigenvalue weighted by Gasteiger charge is 2.21. The van der Waals surface area contributed by atoms with Gasteiger partial charge in [-0.25, -0.2) is 13.1 Å². The maximum Gasteiger partial charge on any atom is 0.271 e. The van der Waals surface area contributed by atoms with Gasteiger partial charge >= 0.3 is 0 Å². The molecule has 2 aromatic carbocycles. The van der Waals surface area contributed by atoms with Crippen LogP contribution in [0.3, 0.4) is 0 Å². The van der Waals surface area contributed by atoms with Crippen molar-refractivity contribution in [1.29, 1.82) is 0 Å². The normalized spacial score (nSPS) is 11.4. The van der Waals surface area contributed by atoms with Crippen LogP contribution < -0.4 is 19.8 Å². The fourth-order valence-electron chi connectivity index (χ4n) is 3.55. The molecule has 0 bridgehead atoms. The minimum atomic E-state index is -3.95. The number of hydrogen-bond donors (Lipinski definition) is 1. The number of methoxy groups -OCH3 is 2. The topological polar surface area (TPSA) is 126 Å². The van der Waals surface area contributed by atoms with E-state index in [0.717, 1.165) is 5.56 Å². The van der Waals surface area contributed by atoms with Crippen molar-refractivity contribution in [3.05, 3.63) is 82.0 Å². The number of rotatable bonds is 8. The maximum atomic E-state index is 13.2. The van der Waals surface area contributed by atoms with Crippen LogP contribution in [0.25, 0.3) is 16.9 Å². The Morgan fingerprint density at radius 1 is 1.00 bits per heavy atom. The van der Waals surface area contributed by atoms with Crippen molar-refractivity contribution in [2.75, 3.05) is 14.2 Å². The molecule has 0 aliphatic carbocycles. The Hall–Kier alpha value is -3.96. The van der Waals surface area contributed by atoms with Gasteiger partial charge in [0.2, 0.25) is 10.0 Å². The number of aryl methyl sites for hydroxylation is 2. The lowest BCUT2D eigenvalue weighted by atomic mass is 10.1. The summed E-state index contributed by atoms with van der Waals surface area (Å²) in [5.41, 5.74) is 2.22. The third-order valence-corrected chi connectivity index (χ3v) is 6.80. The van der Waals surface area contributed by atoms with Gasteiger partial charge in [-0.15, -0.1) is 0 Å². The molecule has 2 heterocycles. The zero-order valence-corrected chi connectivity index (χ0v) is 20.4. The maximum absolute atomic E-state index is 13.2. The van der Waals surface area contributed by atoms with E-state index in [9.17, 15) is 13.2 Å². The molecule has 0 saturated carbocycles. The van der Waals surface area contributed by atoms with E-state index in [1.54, 1.807) is 57.4 Å². The molecule has 1 N–H and O–H groups in total. The van der Waals surface area contributed by atoms with Crippen molar-refractivity contribution in [2.24, 2.45) is 0 Å². The summed E-state index contributed by atoms with van der Waals surface area (Å²) < 4.78 is 45.7. The highest BCUT2D eigenvalue weighted by Crippen LogP contribution is 2.29. The molecule has 4 rings (SSSR count). The Morgan fingerprint density at radius 2 is 1.74 bits per heavy atom. The van der Waals surface area contributed by atoms with Crippen LogP contribution in [-0.4, -0.2) is 37.6 Å². The Morgan fingerprint density at radius 3 is 2.37 bits per heavy atom. The SMILES string of the molecule is COc1ccc(CNS(=O)(=O)c2cc(-c3ccc(=O)n(-c4c(C)noc4C)n3)ccc2OC)cc1. The number of benzene rings is 2. The molecule has 0 atom stereocenters. The summed E-state index contributed by atoms with van der Waals surface area (Å²) in [7, 11) is -0.992. The van der Waals surface area contributed by atoms with E-state index in [1.807, 2.05) is 0 Å². The van der Waals surface area contributed by atoms with Crippen molar-refractivity contribution >= 4 is 10.0 Å². The van der Waals surface area contributed by atoms with Gasteiger partial charge in [-0.2, -0.15) is 9.78 Å². The zero-order chi connectivity index (χ0) is 25.2. The molecule has 182 valence electrons. The molecule has 0 spiro atoms. The molecule has 4 aromatic rings. The van der Waals surface area contributed by atoms with Gasteiger partial charge in [0.1, 0.15) is 27.8 Å². The standard InChI is InChI=1S/C24H24N4O6S/c1-15-24(16(2)34-27-15)28-23(29)12-10-20(26-28)18-7-11-21(33-4)22(13-18)35(30,31)25-14-17-5-8-19(32-3)9-6-17/h5-13,25H,14H2,1-4H3. The first kappa shape index (κ1) is 24.2. The summed E-state index contributed by atoms with van der Waals surface area (Å²) in [6.45, 7) is 3.47. The van der Waals surface area contributed by atoms with Crippen molar-refractivity contribution in [1.82, 2.24) is 19.7 Å². The van der Waals surface area contributed by atoms with Crippen molar-refractivity contribution < 1.29 is 22.4 Å². The van der Waals surface area contributed by atoms with Gasteiger partial charge in [0.15, 0.2) is 5.76 Å². The summed E-state index contributed by atoms with van der Waals surface area (Å²) >= 11 is 0. The lowest BCUT2D eigenvalue weighted by molar-refractivity contribution is 0.392. The van der Waals surface area contributed by atoms with E-state index in [2.05, 4.69) is 15.0 Å². The van der Waals surface area contributed by atoms with Gasteiger partial charge in [0.05, 0.1) is 19.9 Å². The van der Waals surface area contributed by atoms with E-state index in [0.29, 0.717) is 34.1 Å². The Balaban J connectivity index is 1.70. The van der Waals surface area contributed by atoms with Crippen LogP contribution in [0.2, 0.25) is 0 Å². The first-order chi connectivity index (χ1) is 16.7. The first-order valence-electron chi connectivity index (χ1n) is 10.6. The van der Waals surface area contributed by atoms with Gasteiger partial charge in [-0.05, 0) is 55.8 Å². The minimum Gasteiger partial charge on any atom is -0.497 e. The molecule has 0 aliphatic rings. The van der Waals surface area contributed by atoms with Crippen LogP contribution in [0.5, 0.6) is 11.5 Å². The smallest absolute Gasteiger partial charge is 0.271 e. The van der Waals surface area contributed by atoms with Gasteiger partial charge in [0, 0.05) is 18.2 Å². The molecular weight excluding hydrogens is 472 g/mol. The highest BCUT2D eigenvalue weighted by atomic mass is 32.2. The molecule has 2 aromatic heterocycles. The molecule has 35 heavy (non-hydrogen) atoms. The second kappa shape index (κ2) is 9.72. The molecule has 0 radical (unpaired) electrons. The second-order valence-electron chi connectivity index (χ2n) is 7.68. The van der Waals surface area contributed by atoms with Crippen molar-refractivity contribution in [3.63, 3.8) is 0 Å². The molecular formula is C24H24N4O6S. The van der Waals surface area contributed by atoms with E-state index in [4.69, 9.17) is 14.0 Å². The number of sulfonamides is 1. The zero-order valence-electron chi connectivity index (χ0n) is 19.6. The second-order valence-corrected chi connectivity index (χ2v) is 9.42. The van der Waals surface area contributed by atoms with E-state index in [-0.39, 0.29) is 22.7 Å². The Bertz CT molecular complexity index is 1510. The summed E-state index contributed by atoms with van der Waals surface area (Å²) in [4.78, 5) is 12.4. The van der Waals surface area contributed by atoms with Gasteiger partial charge in [0.25, 0.3) is 5.56 Å². The number of ether oxygens (including phenoxy) is 2. The minimum absolute atomic E-state index is 0.0529. The fourth-order valence-corrected chi connectivity index (χ4v) is 4.76. The molecule has 0 unspecified atom stereocenters. The van der Waals surface area contributed by atoms with Crippen LogP contribution in [0.15, 0.2) is 68.8 Å². The van der Waals surface area contributed by atoms with E-state index < -0.39 is 10.0 Å². The summed E-state index contributed by atoms with van der Waals surface area (Å²) in [5.74, 6) is 1.29. The van der Waals surface area contributed by atoms with E-state index in [1.165, 1.54) is 30.0 Å². The lowest BCUT2D eigenvalue weighted by Gasteiger charge is -2.13. The van der Waals surface area contributed by atoms with Gasteiger partial charge < -0.3 is 14.0 Å². The molecule has 11 heteroatoms. The summed E-state index contributed by atoms with van der Waals surface area (Å²) in [6.07, 6.45) is 0. The van der Waals surface area contributed by atoms with Crippen LogP contribution >= 0.6 is 0 Å². The van der Waals surface area contributed by atoms with Gasteiger partial charge in [-0.3, -0.25) is 4.79 Å². The predicted molar refractivity (Wildman–Crippen MR) is 128 cm³/mol. The molecule has 0 saturated heterocycles. The molecule has 0 amide bonds. The average molecular weight is 497 g/mol. The van der Waals surface area contributed by atoms with E-state index >= 15 is 0 Å².